The Morgan fingerprint density at radius 3 is 2.86 bits per heavy atom. The second-order valence-corrected chi connectivity index (χ2v) is 10.9. The van der Waals surface area contributed by atoms with Gasteiger partial charge in [0, 0.05) is 17.5 Å². The van der Waals surface area contributed by atoms with Gasteiger partial charge < -0.3 is 4.74 Å². The van der Waals surface area contributed by atoms with Crippen molar-refractivity contribution in [3.63, 3.8) is 0 Å². The summed E-state index contributed by atoms with van der Waals surface area (Å²) in [5.41, 5.74) is 0.939. The van der Waals surface area contributed by atoms with E-state index in [-0.39, 0.29) is 17.8 Å². The molecule has 8 nitrogen and oxygen atoms in total. The number of aryl methyl sites for hydroxylation is 1. The standard InChI is InChI=1S/C24H29ClN6O2S2/c1-4-12-31-21(16(3)33-19-11-10-18(25)13-15(19)2)27-30-24(31)34-14-20(32)26-23-29-28-22(35-23)17-8-6-5-7-9-17/h4,10-11,13,16-17H,1,5-9,12,14H2,2-3H3,(H,26,29,32). The Hall–Kier alpha value is -2.43. The van der Waals surface area contributed by atoms with Crippen molar-refractivity contribution in [1.82, 2.24) is 25.0 Å². The van der Waals surface area contributed by atoms with E-state index in [0.717, 1.165) is 29.2 Å². The van der Waals surface area contributed by atoms with Crippen LogP contribution in [0.15, 0.2) is 36.0 Å². The summed E-state index contributed by atoms with van der Waals surface area (Å²) in [6.07, 6.45) is 7.48. The third-order valence-electron chi connectivity index (χ3n) is 5.84. The lowest BCUT2D eigenvalue weighted by Gasteiger charge is -2.18. The summed E-state index contributed by atoms with van der Waals surface area (Å²) >= 11 is 8.84. The van der Waals surface area contributed by atoms with E-state index >= 15 is 0 Å². The maximum atomic E-state index is 12.6. The lowest BCUT2D eigenvalue weighted by molar-refractivity contribution is -0.113. The van der Waals surface area contributed by atoms with Crippen LogP contribution in [0.25, 0.3) is 0 Å². The summed E-state index contributed by atoms with van der Waals surface area (Å²) in [6, 6.07) is 5.49. The molecule has 1 atom stereocenters. The number of halogens is 1. The number of nitrogens with one attached hydrogen (secondary N) is 1. The van der Waals surface area contributed by atoms with Gasteiger partial charge in [-0.25, -0.2) is 0 Å². The monoisotopic (exact) mass is 532 g/mol. The van der Waals surface area contributed by atoms with Gasteiger partial charge in [0.05, 0.1) is 5.75 Å². The molecule has 0 saturated heterocycles. The molecule has 1 aliphatic rings. The predicted molar refractivity (Wildman–Crippen MR) is 141 cm³/mol. The Labute approximate surface area is 218 Å². The Morgan fingerprint density at radius 1 is 1.31 bits per heavy atom. The third-order valence-corrected chi connectivity index (χ3v) is 8.04. The van der Waals surface area contributed by atoms with Crippen molar-refractivity contribution in [2.24, 2.45) is 0 Å². The molecule has 0 bridgehead atoms. The first-order valence-corrected chi connectivity index (χ1v) is 13.9. The van der Waals surface area contributed by atoms with Gasteiger partial charge in [-0.2, -0.15) is 0 Å². The molecular formula is C24H29ClN6O2S2. The van der Waals surface area contributed by atoms with Crippen molar-refractivity contribution < 1.29 is 9.53 Å². The van der Waals surface area contributed by atoms with E-state index in [0.29, 0.717) is 33.6 Å². The zero-order valence-electron chi connectivity index (χ0n) is 19.9. The summed E-state index contributed by atoms with van der Waals surface area (Å²) in [6.45, 7) is 8.20. The largest absolute Gasteiger partial charge is 0.482 e. The lowest BCUT2D eigenvalue weighted by atomic mass is 9.90. The number of aromatic nitrogens is 5. The number of amides is 1. The number of allylic oxidation sites excluding steroid dienone is 1. The minimum atomic E-state index is -0.356. The molecule has 1 unspecified atom stereocenters. The first kappa shape index (κ1) is 25.7. The maximum Gasteiger partial charge on any atom is 0.236 e. The third kappa shape index (κ3) is 6.62. The normalized spacial score (nSPS) is 15.1. The molecule has 1 aromatic carbocycles. The Morgan fingerprint density at radius 2 is 2.11 bits per heavy atom. The van der Waals surface area contributed by atoms with E-state index in [9.17, 15) is 4.79 Å². The van der Waals surface area contributed by atoms with E-state index in [1.807, 2.05) is 30.5 Å². The van der Waals surface area contributed by atoms with Crippen LogP contribution in [-0.2, 0) is 11.3 Å². The quantitative estimate of drug-likeness (QED) is 0.245. The van der Waals surface area contributed by atoms with Gasteiger partial charge in [0.2, 0.25) is 11.0 Å². The van der Waals surface area contributed by atoms with Gasteiger partial charge in [0.1, 0.15) is 10.8 Å². The zero-order chi connectivity index (χ0) is 24.8. The summed E-state index contributed by atoms with van der Waals surface area (Å²) in [7, 11) is 0. The fourth-order valence-electron chi connectivity index (χ4n) is 4.08. The van der Waals surface area contributed by atoms with Crippen LogP contribution in [0.1, 0.15) is 67.4 Å². The fraction of sp³-hybridized carbons (Fsp3) is 0.458. The molecular weight excluding hydrogens is 504 g/mol. The van der Waals surface area contributed by atoms with E-state index in [1.54, 1.807) is 12.1 Å². The average Bonchev–Trinajstić information content (AvgIpc) is 3.47. The van der Waals surface area contributed by atoms with Crippen molar-refractivity contribution in [3.05, 3.63) is 52.3 Å². The molecule has 0 radical (unpaired) electrons. The highest BCUT2D eigenvalue weighted by Gasteiger charge is 2.22. The number of carbonyl (C=O) groups is 1. The van der Waals surface area contributed by atoms with Crippen molar-refractivity contribution in [2.45, 2.75) is 69.7 Å². The van der Waals surface area contributed by atoms with E-state index in [2.05, 4.69) is 32.3 Å². The van der Waals surface area contributed by atoms with Crippen LogP contribution in [0, 0.1) is 6.92 Å². The molecule has 4 rings (SSSR count). The van der Waals surface area contributed by atoms with E-state index in [4.69, 9.17) is 16.3 Å². The van der Waals surface area contributed by atoms with Crippen molar-refractivity contribution in [2.75, 3.05) is 11.1 Å². The molecule has 1 saturated carbocycles. The minimum absolute atomic E-state index is 0.155. The number of benzene rings is 1. The molecule has 2 heterocycles. The van der Waals surface area contributed by atoms with Crippen molar-refractivity contribution in [3.8, 4) is 5.75 Å². The van der Waals surface area contributed by atoms with Gasteiger partial charge in [0.25, 0.3) is 0 Å². The number of thioether (sulfide) groups is 1. The summed E-state index contributed by atoms with van der Waals surface area (Å²) in [5.74, 6) is 1.88. The first-order chi connectivity index (χ1) is 16.9. The highest BCUT2D eigenvalue weighted by atomic mass is 35.5. The second kappa shape index (κ2) is 12.0. The van der Waals surface area contributed by atoms with Crippen molar-refractivity contribution >= 4 is 45.7 Å². The fourth-order valence-corrected chi connectivity index (χ4v) is 5.99. The molecule has 1 aliphatic carbocycles. The second-order valence-electron chi connectivity index (χ2n) is 8.53. The topological polar surface area (TPSA) is 94.8 Å². The van der Waals surface area contributed by atoms with Crippen LogP contribution in [0.5, 0.6) is 5.75 Å². The number of nitrogens with zero attached hydrogens (tertiary/aromatic N) is 5. The molecule has 35 heavy (non-hydrogen) atoms. The highest BCUT2D eigenvalue weighted by molar-refractivity contribution is 7.99. The SMILES string of the molecule is C=CCn1c(SCC(=O)Nc2nnc(C3CCCCC3)s2)nnc1C(C)Oc1ccc(Cl)cc1C. The molecule has 11 heteroatoms. The molecule has 2 aromatic heterocycles. The molecule has 186 valence electrons. The van der Waals surface area contributed by atoms with Crippen molar-refractivity contribution in [1.29, 1.82) is 0 Å². The van der Waals surface area contributed by atoms with Gasteiger partial charge in [0.15, 0.2) is 17.1 Å². The van der Waals surface area contributed by atoms with Gasteiger partial charge in [-0.1, -0.05) is 60.0 Å². The van der Waals surface area contributed by atoms with Crippen LogP contribution < -0.4 is 10.1 Å². The number of hydrogen-bond acceptors (Lipinski definition) is 8. The molecule has 0 spiro atoms. The number of hydrogen-bond donors (Lipinski definition) is 1. The summed E-state index contributed by atoms with van der Waals surface area (Å²) < 4.78 is 8.03. The zero-order valence-corrected chi connectivity index (χ0v) is 22.3. The number of carbonyl (C=O) groups excluding carboxylic acids is 1. The number of anilines is 1. The van der Waals surface area contributed by atoms with Crippen LogP contribution in [-0.4, -0.2) is 36.6 Å². The van der Waals surface area contributed by atoms with Gasteiger partial charge in [-0.15, -0.1) is 27.0 Å². The van der Waals surface area contributed by atoms with Crippen LogP contribution in [0.4, 0.5) is 5.13 Å². The molecule has 1 amide bonds. The lowest BCUT2D eigenvalue weighted by Crippen LogP contribution is -2.15. The molecule has 0 aliphatic heterocycles. The van der Waals surface area contributed by atoms with Gasteiger partial charge >= 0.3 is 0 Å². The first-order valence-electron chi connectivity index (χ1n) is 11.7. The predicted octanol–water partition coefficient (Wildman–Crippen LogP) is 6.20. The van der Waals surface area contributed by atoms with E-state index < -0.39 is 0 Å². The highest BCUT2D eigenvalue weighted by Crippen LogP contribution is 2.35. The molecule has 1 N–H and O–H groups in total. The molecule has 1 fully saturated rings. The number of rotatable bonds is 10. The van der Waals surface area contributed by atoms with E-state index in [1.165, 1.54) is 42.4 Å². The van der Waals surface area contributed by atoms with Crippen LogP contribution in [0.2, 0.25) is 5.02 Å². The van der Waals surface area contributed by atoms with Crippen LogP contribution in [0.3, 0.4) is 0 Å². The summed E-state index contributed by atoms with van der Waals surface area (Å²) in [4.78, 5) is 12.6. The minimum Gasteiger partial charge on any atom is -0.482 e. The Balaban J connectivity index is 1.37. The summed E-state index contributed by atoms with van der Waals surface area (Å²) in [5, 5.41) is 22.8. The van der Waals surface area contributed by atoms with Gasteiger partial charge in [-0.3, -0.25) is 14.7 Å². The smallest absolute Gasteiger partial charge is 0.236 e. The Bertz CT molecular complexity index is 1170. The Kier molecular flexibility index (Phi) is 8.80. The average molecular weight is 533 g/mol. The maximum absolute atomic E-state index is 12.6. The van der Waals surface area contributed by atoms with Crippen LogP contribution >= 0.6 is 34.7 Å². The molecule has 3 aromatic rings. The number of ether oxygens (including phenoxy) is 1. The van der Waals surface area contributed by atoms with Gasteiger partial charge in [-0.05, 0) is 50.5 Å².